The van der Waals surface area contributed by atoms with Crippen molar-refractivity contribution in [3.63, 3.8) is 0 Å². The van der Waals surface area contributed by atoms with Crippen molar-refractivity contribution in [2.24, 2.45) is 0 Å². The number of carbonyl (C=O) groups is 1. The zero-order chi connectivity index (χ0) is 20.2. The van der Waals surface area contributed by atoms with Gasteiger partial charge in [0.05, 0.1) is 13.2 Å². The molecule has 146 valence electrons. The molecule has 0 radical (unpaired) electrons. The van der Waals surface area contributed by atoms with Crippen molar-refractivity contribution in [1.82, 2.24) is 10.0 Å². The standard InChI is InChI=1S/C19H23ClN2O4S/c1-12(2)22-27(24,25)18-11-15(7-10-17(18)26-4)19(23)21-13(3)14-5-8-16(20)9-6-14/h5-13,22H,1-4H3,(H,21,23)/t13-/m1/s1. The monoisotopic (exact) mass is 410 g/mol. The van der Waals surface area contributed by atoms with Gasteiger partial charge in [-0.05, 0) is 56.7 Å². The van der Waals surface area contributed by atoms with Crippen LogP contribution in [0.2, 0.25) is 5.02 Å². The minimum atomic E-state index is -3.81. The molecule has 6 nitrogen and oxygen atoms in total. The van der Waals surface area contributed by atoms with Crippen molar-refractivity contribution in [1.29, 1.82) is 0 Å². The highest BCUT2D eigenvalue weighted by molar-refractivity contribution is 7.89. The molecule has 0 unspecified atom stereocenters. The Kier molecular flexibility index (Phi) is 6.86. The molecule has 2 aromatic rings. The minimum Gasteiger partial charge on any atom is -0.495 e. The lowest BCUT2D eigenvalue weighted by atomic mass is 10.1. The van der Waals surface area contributed by atoms with E-state index in [0.29, 0.717) is 5.02 Å². The molecule has 0 aliphatic rings. The highest BCUT2D eigenvalue weighted by Crippen LogP contribution is 2.25. The topological polar surface area (TPSA) is 84.5 Å². The van der Waals surface area contributed by atoms with Crippen LogP contribution in [0.15, 0.2) is 47.4 Å². The Bertz CT molecular complexity index is 912. The Morgan fingerprint density at radius 2 is 1.70 bits per heavy atom. The van der Waals surface area contributed by atoms with Crippen LogP contribution < -0.4 is 14.8 Å². The van der Waals surface area contributed by atoms with Crippen LogP contribution in [0.4, 0.5) is 0 Å². The van der Waals surface area contributed by atoms with Crippen LogP contribution >= 0.6 is 11.6 Å². The van der Waals surface area contributed by atoms with Crippen LogP contribution in [0, 0.1) is 0 Å². The minimum absolute atomic E-state index is 0.0782. The molecule has 0 heterocycles. The number of nitrogens with one attached hydrogen (secondary N) is 2. The maximum absolute atomic E-state index is 12.6. The van der Waals surface area contributed by atoms with E-state index >= 15 is 0 Å². The molecule has 0 aromatic heterocycles. The molecule has 1 atom stereocenters. The summed E-state index contributed by atoms with van der Waals surface area (Å²) in [6.45, 7) is 5.27. The second-order valence-electron chi connectivity index (χ2n) is 6.39. The van der Waals surface area contributed by atoms with E-state index in [1.807, 2.05) is 19.1 Å². The molecule has 0 bridgehead atoms. The first-order valence-corrected chi connectivity index (χ1v) is 10.3. The lowest BCUT2D eigenvalue weighted by Gasteiger charge is -2.16. The summed E-state index contributed by atoms with van der Waals surface area (Å²) in [5, 5.41) is 3.46. The Morgan fingerprint density at radius 3 is 2.26 bits per heavy atom. The number of amides is 1. The number of carbonyl (C=O) groups excluding carboxylic acids is 1. The quantitative estimate of drug-likeness (QED) is 0.731. The molecule has 0 aliphatic heterocycles. The Balaban J connectivity index is 2.28. The Hall–Kier alpha value is -2.09. The van der Waals surface area contributed by atoms with E-state index < -0.39 is 10.0 Å². The van der Waals surface area contributed by atoms with Gasteiger partial charge in [-0.25, -0.2) is 13.1 Å². The third-order valence-corrected chi connectivity index (χ3v) is 5.76. The van der Waals surface area contributed by atoms with Crippen LogP contribution in [0.1, 0.15) is 42.7 Å². The molecule has 8 heteroatoms. The first kappa shape index (κ1) is 21.2. The average molecular weight is 411 g/mol. The summed E-state index contributed by atoms with van der Waals surface area (Å²) in [6, 6.07) is 10.9. The van der Waals surface area contributed by atoms with Crippen molar-refractivity contribution in [3.05, 3.63) is 58.6 Å². The fraction of sp³-hybridized carbons (Fsp3) is 0.316. The largest absolute Gasteiger partial charge is 0.495 e. The van der Waals surface area contributed by atoms with E-state index in [2.05, 4.69) is 10.0 Å². The number of benzene rings is 2. The highest BCUT2D eigenvalue weighted by Gasteiger charge is 2.23. The number of halogens is 1. The summed E-state index contributed by atoms with van der Waals surface area (Å²) in [7, 11) is -2.43. The van der Waals surface area contributed by atoms with Crippen LogP contribution in [-0.4, -0.2) is 27.5 Å². The zero-order valence-corrected chi connectivity index (χ0v) is 17.2. The molecule has 1 amide bonds. The molecular weight excluding hydrogens is 388 g/mol. The summed E-state index contributed by atoms with van der Waals surface area (Å²) >= 11 is 5.88. The SMILES string of the molecule is COc1ccc(C(=O)N[C@H](C)c2ccc(Cl)cc2)cc1S(=O)(=O)NC(C)C. The molecule has 0 fully saturated rings. The summed E-state index contributed by atoms with van der Waals surface area (Å²) < 4.78 is 32.7. The molecule has 2 N–H and O–H groups in total. The van der Waals surface area contributed by atoms with Gasteiger partial charge in [0, 0.05) is 16.6 Å². The van der Waals surface area contributed by atoms with Gasteiger partial charge in [0.2, 0.25) is 10.0 Å². The predicted octanol–water partition coefficient (Wildman–Crippen LogP) is 3.53. The van der Waals surface area contributed by atoms with E-state index in [1.54, 1.807) is 26.0 Å². The fourth-order valence-corrected chi connectivity index (χ4v) is 4.09. The van der Waals surface area contributed by atoms with Crippen molar-refractivity contribution in [3.8, 4) is 5.75 Å². The number of ether oxygens (including phenoxy) is 1. The predicted molar refractivity (Wildman–Crippen MR) is 106 cm³/mol. The number of hydrogen-bond donors (Lipinski definition) is 2. The number of sulfonamides is 1. The summed E-state index contributed by atoms with van der Waals surface area (Å²) in [4.78, 5) is 12.5. The normalized spacial score (nSPS) is 12.7. The molecule has 0 spiro atoms. The van der Waals surface area contributed by atoms with Gasteiger partial charge in [-0.1, -0.05) is 23.7 Å². The van der Waals surface area contributed by atoms with Gasteiger partial charge >= 0.3 is 0 Å². The maximum atomic E-state index is 12.6. The van der Waals surface area contributed by atoms with Gasteiger partial charge in [-0.3, -0.25) is 4.79 Å². The van der Waals surface area contributed by atoms with E-state index in [-0.39, 0.29) is 34.2 Å². The summed E-state index contributed by atoms with van der Waals surface area (Å²) in [5.41, 5.74) is 1.11. The molecule has 27 heavy (non-hydrogen) atoms. The maximum Gasteiger partial charge on any atom is 0.251 e. The summed E-state index contributed by atoms with van der Waals surface area (Å²) in [6.07, 6.45) is 0. The second kappa shape index (κ2) is 8.73. The average Bonchev–Trinajstić information content (AvgIpc) is 2.60. The first-order chi connectivity index (χ1) is 12.6. The fourth-order valence-electron chi connectivity index (χ4n) is 2.52. The van der Waals surface area contributed by atoms with E-state index in [4.69, 9.17) is 16.3 Å². The zero-order valence-electron chi connectivity index (χ0n) is 15.6. The molecule has 0 aliphatic carbocycles. The van der Waals surface area contributed by atoms with E-state index in [9.17, 15) is 13.2 Å². The second-order valence-corrected chi connectivity index (χ2v) is 8.51. The molecule has 2 rings (SSSR count). The van der Waals surface area contributed by atoms with E-state index in [0.717, 1.165) is 5.56 Å². The third kappa shape index (κ3) is 5.45. The molecule has 0 saturated heterocycles. The number of rotatable bonds is 7. The number of hydrogen-bond acceptors (Lipinski definition) is 4. The molecular formula is C19H23ClN2O4S. The third-order valence-electron chi connectivity index (χ3n) is 3.82. The molecule has 0 saturated carbocycles. The smallest absolute Gasteiger partial charge is 0.251 e. The van der Waals surface area contributed by atoms with Crippen molar-refractivity contribution in [2.75, 3.05) is 7.11 Å². The van der Waals surface area contributed by atoms with Gasteiger partial charge in [0.1, 0.15) is 10.6 Å². The summed E-state index contributed by atoms with van der Waals surface area (Å²) in [5.74, 6) is -0.216. The van der Waals surface area contributed by atoms with Crippen molar-refractivity contribution < 1.29 is 17.9 Å². The Morgan fingerprint density at radius 1 is 1.07 bits per heavy atom. The van der Waals surface area contributed by atoms with Crippen LogP contribution in [0.3, 0.4) is 0 Å². The van der Waals surface area contributed by atoms with Crippen LogP contribution in [0.25, 0.3) is 0 Å². The lowest BCUT2D eigenvalue weighted by molar-refractivity contribution is 0.0939. The van der Waals surface area contributed by atoms with Gasteiger partial charge in [0.15, 0.2) is 0 Å². The van der Waals surface area contributed by atoms with E-state index in [1.165, 1.54) is 25.3 Å². The van der Waals surface area contributed by atoms with Gasteiger partial charge in [-0.15, -0.1) is 0 Å². The molecule has 2 aromatic carbocycles. The first-order valence-electron chi connectivity index (χ1n) is 8.40. The van der Waals surface area contributed by atoms with Crippen molar-refractivity contribution >= 4 is 27.5 Å². The lowest BCUT2D eigenvalue weighted by Crippen LogP contribution is -2.31. The van der Waals surface area contributed by atoms with Gasteiger partial charge < -0.3 is 10.1 Å². The highest BCUT2D eigenvalue weighted by atomic mass is 35.5. The van der Waals surface area contributed by atoms with Gasteiger partial charge in [-0.2, -0.15) is 0 Å². The van der Waals surface area contributed by atoms with Crippen LogP contribution in [-0.2, 0) is 10.0 Å². The van der Waals surface area contributed by atoms with Crippen molar-refractivity contribution in [2.45, 2.75) is 37.8 Å². The van der Waals surface area contributed by atoms with Crippen LogP contribution in [0.5, 0.6) is 5.75 Å². The van der Waals surface area contributed by atoms with Gasteiger partial charge in [0.25, 0.3) is 5.91 Å². The number of methoxy groups -OCH3 is 1. The Labute approximate surface area is 164 Å².